The van der Waals surface area contributed by atoms with E-state index in [0.717, 1.165) is 32.1 Å². The lowest BCUT2D eigenvalue weighted by Crippen LogP contribution is -2.50. The van der Waals surface area contributed by atoms with Crippen molar-refractivity contribution in [2.75, 3.05) is 0 Å². The Morgan fingerprint density at radius 1 is 1.07 bits per heavy atom. The minimum atomic E-state index is -0.0768. The van der Waals surface area contributed by atoms with E-state index in [-0.39, 0.29) is 23.4 Å². The van der Waals surface area contributed by atoms with E-state index in [9.17, 15) is 9.59 Å². The van der Waals surface area contributed by atoms with Gasteiger partial charge in [0.25, 0.3) is 5.91 Å². The Balaban J connectivity index is 1.39. The molecular formula is C23H25ClN2O2. The van der Waals surface area contributed by atoms with Gasteiger partial charge in [0.1, 0.15) is 0 Å². The van der Waals surface area contributed by atoms with Crippen LogP contribution in [0.2, 0.25) is 5.02 Å². The molecule has 0 aromatic heterocycles. The van der Waals surface area contributed by atoms with Crippen LogP contribution >= 0.6 is 11.6 Å². The molecule has 1 spiro atoms. The van der Waals surface area contributed by atoms with Crippen molar-refractivity contribution in [2.45, 2.75) is 56.7 Å². The zero-order valence-corrected chi connectivity index (χ0v) is 16.6. The van der Waals surface area contributed by atoms with Crippen LogP contribution in [0.3, 0.4) is 0 Å². The molecule has 1 saturated carbocycles. The number of carbonyl (C=O) groups is 2. The number of nitrogens with one attached hydrogen (secondary N) is 1. The molecule has 4 nitrogen and oxygen atoms in total. The highest BCUT2D eigenvalue weighted by Crippen LogP contribution is 2.43. The van der Waals surface area contributed by atoms with Crippen molar-refractivity contribution in [1.29, 1.82) is 0 Å². The van der Waals surface area contributed by atoms with Crippen LogP contribution in [0, 0.1) is 0 Å². The summed E-state index contributed by atoms with van der Waals surface area (Å²) in [6.07, 6.45) is 5.22. The Morgan fingerprint density at radius 3 is 2.54 bits per heavy atom. The van der Waals surface area contributed by atoms with Crippen LogP contribution in [0.15, 0.2) is 54.6 Å². The minimum Gasteiger partial charge on any atom is -0.349 e. The summed E-state index contributed by atoms with van der Waals surface area (Å²) in [5.41, 5.74) is 1.72. The van der Waals surface area contributed by atoms with Crippen LogP contribution in [-0.2, 0) is 11.3 Å². The Labute approximate surface area is 170 Å². The lowest BCUT2D eigenvalue weighted by atomic mass is 9.77. The highest BCUT2D eigenvalue weighted by Gasteiger charge is 2.47. The van der Waals surface area contributed by atoms with Crippen molar-refractivity contribution in [3.8, 4) is 0 Å². The van der Waals surface area contributed by atoms with Crippen LogP contribution in [0.5, 0.6) is 0 Å². The van der Waals surface area contributed by atoms with E-state index in [4.69, 9.17) is 11.6 Å². The predicted molar refractivity (Wildman–Crippen MR) is 110 cm³/mol. The summed E-state index contributed by atoms with van der Waals surface area (Å²) >= 11 is 5.99. The molecule has 4 rings (SSSR count). The molecule has 2 aromatic rings. The van der Waals surface area contributed by atoms with Gasteiger partial charge in [-0.25, -0.2) is 0 Å². The van der Waals surface area contributed by atoms with E-state index in [2.05, 4.69) is 22.3 Å². The van der Waals surface area contributed by atoms with Crippen molar-refractivity contribution in [3.63, 3.8) is 0 Å². The summed E-state index contributed by atoms with van der Waals surface area (Å²) in [6.45, 7) is 0.680. The van der Waals surface area contributed by atoms with E-state index in [1.807, 2.05) is 18.2 Å². The molecule has 1 aliphatic heterocycles. The first-order chi connectivity index (χ1) is 13.6. The third-order valence-electron chi connectivity index (χ3n) is 6.20. The molecule has 5 heteroatoms. The molecular weight excluding hydrogens is 372 g/mol. The second-order valence-electron chi connectivity index (χ2n) is 7.95. The normalized spacial score (nSPS) is 24.5. The molecule has 2 aliphatic rings. The van der Waals surface area contributed by atoms with Gasteiger partial charge in [-0.05, 0) is 55.9 Å². The number of benzene rings is 2. The van der Waals surface area contributed by atoms with Gasteiger partial charge in [-0.15, -0.1) is 0 Å². The van der Waals surface area contributed by atoms with Crippen molar-refractivity contribution >= 4 is 23.4 Å². The van der Waals surface area contributed by atoms with E-state index >= 15 is 0 Å². The third kappa shape index (κ3) is 3.93. The molecule has 2 amide bonds. The number of halogens is 1. The topological polar surface area (TPSA) is 49.4 Å². The van der Waals surface area contributed by atoms with Crippen LogP contribution < -0.4 is 5.32 Å². The summed E-state index contributed by atoms with van der Waals surface area (Å²) in [5, 5.41) is 3.71. The van der Waals surface area contributed by atoms with E-state index in [0.29, 0.717) is 23.6 Å². The zero-order valence-electron chi connectivity index (χ0n) is 15.9. The van der Waals surface area contributed by atoms with E-state index in [1.54, 1.807) is 24.3 Å². The van der Waals surface area contributed by atoms with E-state index < -0.39 is 0 Å². The first-order valence-corrected chi connectivity index (χ1v) is 10.3. The van der Waals surface area contributed by atoms with Crippen LogP contribution in [0.25, 0.3) is 0 Å². The standard InChI is InChI=1S/C23H25ClN2O2/c24-19-8-4-7-18(15-19)22(28)25-20-9-12-23(13-10-20)14-11-21(27)26(23)16-17-5-2-1-3-6-17/h1-8,15,20H,9-14,16H2,(H,25,28). The minimum absolute atomic E-state index is 0.0514. The average Bonchev–Trinajstić information content (AvgIpc) is 3.00. The van der Waals surface area contributed by atoms with Gasteiger partial charge in [0.05, 0.1) is 0 Å². The molecule has 0 unspecified atom stereocenters. The van der Waals surface area contributed by atoms with Gasteiger partial charge in [-0.2, -0.15) is 0 Å². The van der Waals surface area contributed by atoms with Gasteiger partial charge in [0.2, 0.25) is 5.91 Å². The molecule has 1 N–H and O–H groups in total. The molecule has 0 radical (unpaired) electrons. The van der Waals surface area contributed by atoms with Crippen LogP contribution in [0.4, 0.5) is 0 Å². The summed E-state index contributed by atoms with van der Waals surface area (Å²) in [4.78, 5) is 27.2. The first-order valence-electron chi connectivity index (χ1n) is 9.97. The van der Waals surface area contributed by atoms with Gasteiger partial charge in [-0.1, -0.05) is 48.0 Å². The fourth-order valence-electron chi connectivity index (χ4n) is 4.61. The fourth-order valence-corrected chi connectivity index (χ4v) is 4.80. The quantitative estimate of drug-likeness (QED) is 0.822. The molecule has 2 aromatic carbocycles. The largest absolute Gasteiger partial charge is 0.349 e. The maximum atomic E-state index is 12.6. The number of likely N-dealkylation sites (tertiary alicyclic amines) is 1. The highest BCUT2D eigenvalue weighted by atomic mass is 35.5. The van der Waals surface area contributed by atoms with Gasteiger partial charge < -0.3 is 10.2 Å². The zero-order chi connectivity index (χ0) is 19.6. The molecule has 1 saturated heterocycles. The molecule has 146 valence electrons. The molecule has 0 bridgehead atoms. The molecule has 28 heavy (non-hydrogen) atoms. The van der Waals surface area contributed by atoms with Gasteiger partial charge >= 0.3 is 0 Å². The van der Waals surface area contributed by atoms with Gasteiger partial charge in [0.15, 0.2) is 0 Å². The van der Waals surface area contributed by atoms with Crippen molar-refractivity contribution in [1.82, 2.24) is 10.2 Å². The van der Waals surface area contributed by atoms with E-state index in [1.165, 1.54) is 5.56 Å². The molecule has 1 aliphatic carbocycles. The Hall–Kier alpha value is -2.33. The number of hydrogen-bond acceptors (Lipinski definition) is 2. The number of amides is 2. The van der Waals surface area contributed by atoms with Crippen LogP contribution in [-0.4, -0.2) is 28.3 Å². The summed E-state index contributed by atoms with van der Waals surface area (Å²) < 4.78 is 0. The molecule has 0 atom stereocenters. The Morgan fingerprint density at radius 2 is 1.82 bits per heavy atom. The number of rotatable bonds is 4. The number of nitrogens with zero attached hydrogens (tertiary/aromatic N) is 1. The third-order valence-corrected chi connectivity index (χ3v) is 6.43. The Bertz CT molecular complexity index is 860. The molecule has 2 fully saturated rings. The number of carbonyl (C=O) groups excluding carboxylic acids is 2. The summed E-state index contributed by atoms with van der Waals surface area (Å²) in [6, 6.07) is 17.4. The lowest BCUT2D eigenvalue weighted by Gasteiger charge is -2.44. The molecule has 1 heterocycles. The second-order valence-corrected chi connectivity index (χ2v) is 8.38. The van der Waals surface area contributed by atoms with Crippen molar-refractivity contribution < 1.29 is 9.59 Å². The van der Waals surface area contributed by atoms with Crippen LogP contribution in [0.1, 0.15) is 54.4 Å². The number of hydrogen-bond donors (Lipinski definition) is 1. The van der Waals surface area contributed by atoms with Gasteiger partial charge in [-0.3, -0.25) is 9.59 Å². The predicted octanol–water partition coefficient (Wildman–Crippen LogP) is 4.57. The second kappa shape index (κ2) is 7.96. The SMILES string of the molecule is O=C(NC1CCC2(CCC(=O)N2Cc2ccccc2)CC1)c1cccc(Cl)c1. The average molecular weight is 397 g/mol. The van der Waals surface area contributed by atoms with Crippen molar-refractivity contribution in [2.24, 2.45) is 0 Å². The smallest absolute Gasteiger partial charge is 0.251 e. The summed E-state index contributed by atoms with van der Waals surface area (Å²) in [7, 11) is 0. The monoisotopic (exact) mass is 396 g/mol. The lowest BCUT2D eigenvalue weighted by molar-refractivity contribution is -0.133. The summed E-state index contributed by atoms with van der Waals surface area (Å²) in [5.74, 6) is 0.178. The van der Waals surface area contributed by atoms with Crippen molar-refractivity contribution in [3.05, 3.63) is 70.7 Å². The Kier molecular flexibility index (Phi) is 5.40. The first kappa shape index (κ1) is 19.0. The fraction of sp³-hybridized carbons (Fsp3) is 0.391. The maximum Gasteiger partial charge on any atom is 0.251 e. The van der Waals surface area contributed by atoms with Gasteiger partial charge in [0, 0.05) is 35.1 Å². The maximum absolute atomic E-state index is 12.6. The highest BCUT2D eigenvalue weighted by molar-refractivity contribution is 6.30.